The molecule has 0 bridgehead atoms. The standard InChI is InChI=1S/C18H19N3O2S2/c1-3-13-4-6-14(7-5-13)15-11-24-17(19-15)20-16(22)8-9-21-12(2)10-25-18(21)23/h4-7,10-11H,3,8-9H2,1-2H3,(H,19,20,22). The van der Waals surface area contributed by atoms with Crippen LogP contribution in [0.2, 0.25) is 0 Å². The van der Waals surface area contributed by atoms with Gasteiger partial charge in [0.1, 0.15) is 0 Å². The minimum absolute atomic E-state index is 0.0302. The third-order valence-electron chi connectivity index (χ3n) is 3.95. The number of benzene rings is 1. The van der Waals surface area contributed by atoms with Gasteiger partial charge in [-0.05, 0) is 18.9 Å². The Balaban J connectivity index is 1.60. The fourth-order valence-electron chi connectivity index (χ4n) is 2.44. The number of amides is 1. The Bertz CT molecular complexity index is 922. The van der Waals surface area contributed by atoms with Crippen LogP contribution < -0.4 is 10.2 Å². The van der Waals surface area contributed by atoms with E-state index in [1.165, 1.54) is 16.9 Å². The Labute approximate surface area is 154 Å². The zero-order valence-electron chi connectivity index (χ0n) is 14.1. The number of aromatic nitrogens is 2. The van der Waals surface area contributed by atoms with E-state index in [9.17, 15) is 9.59 Å². The van der Waals surface area contributed by atoms with Gasteiger partial charge in [0, 0.05) is 35.0 Å². The monoisotopic (exact) mass is 373 g/mol. The average molecular weight is 374 g/mol. The molecule has 0 radical (unpaired) electrons. The molecule has 0 unspecified atom stereocenters. The summed E-state index contributed by atoms with van der Waals surface area (Å²) in [6, 6.07) is 8.28. The molecule has 1 amide bonds. The molecule has 3 aromatic rings. The minimum atomic E-state index is -0.139. The lowest BCUT2D eigenvalue weighted by atomic mass is 10.1. The second kappa shape index (κ2) is 7.76. The average Bonchev–Trinajstić information content (AvgIpc) is 3.20. The van der Waals surface area contributed by atoms with Crippen molar-refractivity contribution in [2.24, 2.45) is 0 Å². The maximum atomic E-state index is 12.1. The molecule has 0 aliphatic carbocycles. The summed E-state index contributed by atoms with van der Waals surface area (Å²) < 4.78 is 1.62. The summed E-state index contributed by atoms with van der Waals surface area (Å²) in [5.74, 6) is -0.139. The molecule has 2 aromatic heterocycles. The highest BCUT2D eigenvalue weighted by atomic mass is 32.1. The number of rotatable bonds is 6. The Morgan fingerprint density at radius 1 is 1.20 bits per heavy atom. The van der Waals surface area contributed by atoms with Crippen LogP contribution in [0.25, 0.3) is 11.3 Å². The number of anilines is 1. The first-order valence-electron chi connectivity index (χ1n) is 8.06. The molecule has 130 valence electrons. The molecule has 0 atom stereocenters. The number of carbonyl (C=O) groups is 1. The molecule has 2 heterocycles. The molecule has 0 saturated carbocycles. The number of thiazole rings is 2. The zero-order chi connectivity index (χ0) is 17.8. The SMILES string of the molecule is CCc1ccc(-c2csc(NC(=O)CCn3c(C)csc3=O)n2)cc1. The van der Waals surface area contributed by atoms with Gasteiger partial charge in [-0.15, -0.1) is 11.3 Å². The predicted octanol–water partition coefficient (Wildman–Crippen LogP) is 3.93. The van der Waals surface area contributed by atoms with Crippen molar-refractivity contribution in [2.45, 2.75) is 33.2 Å². The third kappa shape index (κ3) is 4.24. The highest BCUT2D eigenvalue weighted by Crippen LogP contribution is 2.25. The van der Waals surface area contributed by atoms with Crippen molar-refractivity contribution in [1.29, 1.82) is 0 Å². The van der Waals surface area contributed by atoms with Gasteiger partial charge in [-0.3, -0.25) is 9.59 Å². The molecule has 3 rings (SSSR count). The van der Waals surface area contributed by atoms with Crippen molar-refractivity contribution >= 4 is 33.7 Å². The van der Waals surface area contributed by atoms with Crippen molar-refractivity contribution in [1.82, 2.24) is 9.55 Å². The Morgan fingerprint density at radius 3 is 2.60 bits per heavy atom. The van der Waals surface area contributed by atoms with Crippen LogP contribution in [0.5, 0.6) is 0 Å². The maximum absolute atomic E-state index is 12.1. The van der Waals surface area contributed by atoms with E-state index < -0.39 is 0 Å². The van der Waals surface area contributed by atoms with Crippen LogP contribution in [0.4, 0.5) is 5.13 Å². The lowest BCUT2D eigenvalue weighted by molar-refractivity contribution is -0.116. The number of nitrogens with zero attached hydrogens (tertiary/aromatic N) is 2. The Morgan fingerprint density at radius 2 is 1.96 bits per heavy atom. The Hall–Kier alpha value is -2.25. The first-order valence-corrected chi connectivity index (χ1v) is 9.82. The Kier molecular flexibility index (Phi) is 5.45. The van der Waals surface area contributed by atoms with E-state index in [1.807, 2.05) is 24.4 Å². The number of nitrogens with one attached hydrogen (secondary N) is 1. The van der Waals surface area contributed by atoms with E-state index in [4.69, 9.17) is 0 Å². The minimum Gasteiger partial charge on any atom is -0.303 e. The van der Waals surface area contributed by atoms with Gasteiger partial charge in [-0.1, -0.05) is 42.5 Å². The highest BCUT2D eigenvalue weighted by molar-refractivity contribution is 7.14. The number of carbonyl (C=O) groups excluding carboxylic acids is 1. The van der Waals surface area contributed by atoms with E-state index in [-0.39, 0.29) is 17.2 Å². The van der Waals surface area contributed by atoms with E-state index in [1.54, 1.807) is 9.95 Å². The molecule has 0 fully saturated rings. The summed E-state index contributed by atoms with van der Waals surface area (Å²) in [6.07, 6.45) is 1.25. The smallest absolute Gasteiger partial charge is 0.303 e. The van der Waals surface area contributed by atoms with Crippen molar-refractivity contribution < 1.29 is 4.79 Å². The van der Waals surface area contributed by atoms with Gasteiger partial charge in [-0.2, -0.15) is 0 Å². The number of hydrogen-bond donors (Lipinski definition) is 1. The van der Waals surface area contributed by atoms with Gasteiger partial charge in [0.25, 0.3) is 0 Å². The van der Waals surface area contributed by atoms with Crippen LogP contribution >= 0.6 is 22.7 Å². The molecular weight excluding hydrogens is 354 g/mol. The summed E-state index contributed by atoms with van der Waals surface area (Å²) in [5.41, 5.74) is 4.06. The fraction of sp³-hybridized carbons (Fsp3) is 0.278. The van der Waals surface area contributed by atoms with Gasteiger partial charge in [-0.25, -0.2) is 4.98 Å². The first-order chi connectivity index (χ1) is 12.1. The molecule has 25 heavy (non-hydrogen) atoms. The topological polar surface area (TPSA) is 64.0 Å². The summed E-state index contributed by atoms with van der Waals surface area (Å²) in [6.45, 7) is 4.38. The summed E-state index contributed by atoms with van der Waals surface area (Å²) in [4.78, 5) is 28.2. The molecule has 0 spiro atoms. The van der Waals surface area contributed by atoms with Crippen LogP contribution in [-0.2, 0) is 17.8 Å². The molecule has 0 aliphatic rings. The van der Waals surface area contributed by atoms with Crippen LogP contribution in [0.3, 0.4) is 0 Å². The van der Waals surface area contributed by atoms with Crippen LogP contribution in [0, 0.1) is 6.92 Å². The first kappa shape index (κ1) is 17.6. The fourth-order valence-corrected chi connectivity index (χ4v) is 3.94. The molecule has 0 saturated heterocycles. The van der Waals surface area contributed by atoms with Crippen molar-refractivity contribution in [3.63, 3.8) is 0 Å². The number of aryl methyl sites for hydroxylation is 2. The molecule has 0 aliphatic heterocycles. The van der Waals surface area contributed by atoms with Gasteiger partial charge in [0.05, 0.1) is 5.69 Å². The van der Waals surface area contributed by atoms with Crippen LogP contribution in [-0.4, -0.2) is 15.5 Å². The van der Waals surface area contributed by atoms with Crippen molar-refractivity contribution in [3.05, 3.63) is 56.0 Å². The molecule has 7 heteroatoms. The van der Waals surface area contributed by atoms with Crippen LogP contribution in [0.15, 0.2) is 39.8 Å². The summed E-state index contributed by atoms with van der Waals surface area (Å²) in [5, 5.41) is 7.13. The summed E-state index contributed by atoms with van der Waals surface area (Å²) >= 11 is 2.56. The lowest BCUT2D eigenvalue weighted by Crippen LogP contribution is -2.20. The second-order valence-electron chi connectivity index (χ2n) is 5.68. The molecule has 1 aromatic carbocycles. The molecule has 5 nitrogen and oxygen atoms in total. The maximum Gasteiger partial charge on any atom is 0.307 e. The quantitative estimate of drug-likeness (QED) is 0.712. The lowest BCUT2D eigenvalue weighted by Gasteiger charge is -2.04. The van der Waals surface area contributed by atoms with E-state index in [0.717, 1.165) is 34.7 Å². The highest BCUT2D eigenvalue weighted by Gasteiger charge is 2.10. The third-order valence-corrected chi connectivity index (χ3v) is 5.59. The molecule has 1 N–H and O–H groups in total. The van der Waals surface area contributed by atoms with Gasteiger partial charge in [0.2, 0.25) is 5.91 Å². The molecular formula is C18H19N3O2S2. The zero-order valence-corrected chi connectivity index (χ0v) is 15.7. The summed E-state index contributed by atoms with van der Waals surface area (Å²) in [7, 11) is 0. The largest absolute Gasteiger partial charge is 0.307 e. The van der Waals surface area contributed by atoms with Gasteiger partial charge in [0.15, 0.2) is 5.13 Å². The van der Waals surface area contributed by atoms with Gasteiger partial charge < -0.3 is 9.88 Å². The number of hydrogen-bond acceptors (Lipinski definition) is 5. The predicted molar refractivity (Wildman–Crippen MR) is 103 cm³/mol. The van der Waals surface area contributed by atoms with E-state index >= 15 is 0 Å². The normalized spacial score (nSPS) is 10.8. The van der Waals surface area contributed by atoms with E-state index in [0.29, 0.717) is 11.7 Å². The van der Waals surface area contributed by atoms with E-state index in [2.05, 4.69) is 29.4 Å². The van der Waals surface area contributed by atoms with Gasteiger partial charge >= 0.3 is 4.87 Å². The van der Waals surface area contributed by atoms with Crippen LogP contribution in [0.1, 0.15) is 24.6 Å². The van der Waals surface area contributed by atoms with Crippen molar-refractivity contribution in [2.75, 3.05) is 5.32 Å². The van der Waals surface area contributed by atoms with Crippen molar-refractivity contribution in [3.8, 4) is 11.3 Å². The second-order valence-corrected chi connectivity index (χ2v) is 7.36.